The predicted molar refractivity (Wildman–Crippen MR) is 94.3 cm³/mol. The minimum atomic E-state index is -0.0160. The number of nitrogens with zero attached hydrogens (tertiary/aromatic N) is 5. The van der Waals surface area contributed by atoms with Gasteiger partial charge in [0.1, 0.15) is 6.26 Å². The number of rotatable bonds is 5. The molecule has 4 heterocycles. The summed E-state index contributed by atoms with van der Waals surface area (Å²) in [5.41, 5.74) is 1.62. The highest BCUT2D eigenvalue weighted by molar-refractivity contribution is 5.93. The normalized spacial score (nSPS) is 16.8. The van der Waals surface area contributed by atoms with Crippen LogP contribution in [0.25, 0.3) is 0 Å². The number of carbonyl (C=O) groups excluding carboxylic acids is 1. The summed E-state index contributed by atoms with van der Waals surface area (Å²) < 4.78 is 7.06. The lowest BCUT2D eigenvalue weighted by Crippen LogP contribution is -2.34. The number of carbonyl (C=O) groups is 1. The molecule has 3 aromatic rings. The highest BCUT2D eigenvalue weighted by Crippen LogP contribution is 2.20. The summed E-state index contributed by atoms with van der Waals surface area (Å²) in [5.74, 6) is 0.883. The lowest BCUT2D eigenvalue weighted by Gasteiger charge is -2.23. The van der Waals surface area contributed by atoms with Gasteiger partial charge in [0.25, 0.3) is 5.91 Å². The van der Waals surface area contributed by atoms with Gasteiger partial charge in [-0.2, -0.15) is 5.10 Å². The first-order chi connectivity index (χ1) is 12.8. The molecule has 134 valence electrons. The number of nitrogens with one attached hydrogen (secondary N) is 1. The van der Waals surface area contributed by atoms with Gasteiger partial charge in [0.05, 0.1) is 24.1 Å². The summed E-state index contributed by atoms with van der Waals surface area (Å²) in [7, 11) is 0. The Morgan fingerprint density at radius 1 is 1.23 bits per heavy atom. The van der Waals surface area contributed by atoms with Crippen molar-refractivity contribution in [3.8, 4) is 0 Å². The zero-order chi connectivity index (χ0) is 17.8. The standard InChI is InChI=1S/C18H20N6O2/c25-17(15-4-9-26-13-15)23-10-14(11-24-16(12-23)3-8-22-24)2-7-21-18-19-5-1-6-20-18/h1,3-6,8-9,13-14H,2,7,10-12H2,(H,19,20,21)/t14-/m1/s1. The van der Waals surface area contributed by atoms with Crippen molar-refractivity contribution in [2.24, 2.45) is 5.92 Å². The number of furan rings is 1. The maximum absolute atomic E-state index is 12.8. The maximum Gasteiger partial charge on any atom is 0.257 e. The molecule has 0 aliphatic carbocycles. The molecule has 1 aliphatic heterocycles. The number of aromatic nitrogens is 4. The Kier molecular flexibility index (Phi) is 4.63. The Hall–Kier alpha value is -3.16. The third-order valence-corrected chi connectivity index (χ3v) is 4.52. The second-order valence-electron chi connectivity index (χ2n) is 6.36. The smallest absolute Gasteiger partial charge is 0.257 e. The van der Waals surface area contributed by atoms with E-state index in [2.05, 4.69) is 20.4 Å². The lowest BCUT2D eigenvalue weighted by molar-refractivity contribution is 0.0718. The van der Waals surface area contributed by atoms with Crippen molar-refractivity contribution in [3.05, 3.63) is 60.6 Å². The molecular formula is C18H20N6O2. The van der Waals surface area contributed by atoms with Gasteiger partial charge < -0.3 is 14.6 Å². The first-order valence-electron chi connectivity index (χ1n) is 8.62. The van der Waals surface area contributed by atoms with Crippen molar-refractivity contribution in [2.75, 3.05) is 18.4 Å². The van der Waals surface area contributed by atoms with E-state index < -0.39 is 0 Å². The summed E-state index contributed by atoms with van der Waals surface area (Å²) in [4.78, 5) is 23.0. The van der Waals surface area contributed by atoms with E-state index in [9.17, 15) is 4.79 Å². The molecule has 0 spiro atoms. The fraction of sp³-hybridized carbons (Fsp3) is 0.333. The van der Waals surface area contributed by atoms with Crippen LogP contribution in [0.5, 0.6) is 0 Å². The quantitative estimate of drug-likeness (QED) is 0.756. The summed E-state index contributed by atoms with van der Waals surface area (Å²) >= 11 is 0. The molecule has 3 aromatic heterocycles. The van der Waals surface area contributed by atoms with Crippen molar-refractivity contribution in [3.63, 3.8) is 0 Å². The van der Waals surface area contributed by atoms with Crippen LogP contribution in [0.4, 0.5) is 5.95 Å². The van der Waals surface area contributed by atoms with Gasteiger partial charge in [-0.05, 0) is 30.5 Å². The third kappa shape index (κ3) is 3.58. The van der Waals surface area contributed by atoms with E-state index in [1.54, 1.807) is 30.7 Å². The van der Waals surface area contributed by atoms with Gasteiger partial charge >= 0.3 is 0 Å². The molecule has 0 aromatic carbocycles. The topological polar surface area (TPSA) is 89.1 Å². The zero-order valence-corrected chi connectivity index (χ0v) is 14.3. The van der Waals surface area contributed by atoms with Crippen LogP contribution < -0.4 is 5.32 Å². The zero-order valence-electron chi connectivity index (χ0n) is 14.3. The van der Waals surface area contributed by atoms with E-state index in [0.29, 0.717) is 24.6 Å². The van der Waals surface area contributed by atoms with E-state index in [1.807, 2.05) is 15.6 Å². The number of anilines is 1. The van der Waals surface area contributed by atoms with Gasteiger partial charge in [0.15, 0.2) is 0 Å². The van der Waals surface area contributed by atoms with Crippen LogP contribution in [-0.4, -0.2) is 43.6 Å². The monoisotopic (exact) mass is 352 g/mol. The van der Waals surface area contributed by atoms with E-state index in [-0.39, 0.29) is 11.8 Å². The summed E-state index contributed by atoms with van der Waals surface area (Å²) in [6.45, 7) is 2.74. The highest BCUT2D eigenvalue weighted by atomic mass is 16.3. The van der Waals surface area contributed by atoms with Crippen LogP contribution in [0.2, 0.25) is 0 Å². The first kappa shape index (κ1) is 16.3. The van der Waals surface area contributed by atoms with Crippen LogP contribution >= 0.6 is 0 Å². The third-order valence-electron chi connectivity index (χ3n) is 4.52. The minimum Gasteiger partial charge on any atom is -0.472 e. The van der Waals surface area contributed by atoms with Crippen LogP contribution in [0.1, 0.15) is 22.5 Å². The first-order valence-corrected chi connectivity index (χ1v) is 8.62. The number of fused-ring (bicyclic) bond motifs is 1. The van der Waals surface area contributed by atoms with Gasteiger partial charge in [0.2, 0.25) is 5.95 Å². The molecule has 1 N–H and O–H groups in total. The Balaban J connectivity index is 1.45. The minimum absolute atomic E-state index is 0.0160. The van der Waals surface area contributed by atoms with Gasteiger partial charge in [-0.1, -0.05) is 0 Å². The molecule has 8 nitrogen and oxygen atoms in total. The fourth-order valence-corrected chi connectivity index (χ4v) is 3.22. The summed E-state index contributed by atoms with van der Waals surface area (Å²) in [6, 6.07) is 5.46. The lowest BCUT2D eigenvalue weighted by atomic mass is 10.0. The fourth-order valence-electron chi connectivity index (χ4n) is 3.22. The molecule has 0 saturated heterocycles. The predicted octanol–water partition coefficient (Wildman–Crippen LogP) is 2.04. The molecule has 0 radical (unpaired) electrons. The molecule has 0 fully saturated rings. The van der Waals surface area contributed by atoms with Crippen molar-refractivity contribution in [1.82, 2.24) is 24.6 Å². The van der Waals surface area contributed by atoms with Gasteiger partial charge in [-0.3, -0.25) is 9.48 Å². The molecular weight excluding hydrogens is 332 g/mol. The second kappa shape index (κ2) is 7.38. The molecule has 4 rings (SSSR count). The number of amides is 1. The number of hydrogen-bond acceptors (Lipinski definition) is 6. The van der Waals surface area contributed by atoms with Gasteiger partial charge in [-0.25, -0.2) is 9.97 Å². The van der Waals surface area contributed by atoms with Crippen LogP contribution in [0, 0.1) is 5.92 Å². The summed E-state index contributed by atoms with van der Waals surface area (Å²) in [5, 5.41) is 7.64. The molecule has 0 saturated carbocycles. The SMILES string of the molecule is O=C(c1ccoc1)N1Cc2ccnn2C[C@H](CCNc2ncccn2)C1. The molecule has 0 unspecified atom stereocenters. The van der Waals surface area contributed by atoms with E-state index in [1.165, 1.54) is 12.5 Å². The van der Waals surface area contributed by atoms with E-state index >= 15 is 0 Å². The number of hydrogen-bond donors (Lipinski definition) is 1. The van der Waals surface area contributed by atoms with Crippen LogP contribution in [0.15, 0.2) is 53.7 Å². The average Bonchev–Trinajstić information content (AvgIpc) is 3.31. The van der Waals surface area contributed by atoms with Crippen LogP contribution in [-0.2, 0) is 13.1 Å². The summed E-state index contributed by atoms with van der Waals surface area (Å²) in [6.07, 6.45) is 9.11. The van der Waals surface area contributed by atoms with E-state index in [4.69, 9.17) is 4.42 Å². The van der Waals surface area contributed by atoms with Crippen molar-refractivity contribution < 1.29 is 9.21 Å². The molecule has 8 heteroatoms. The Morgan fingerprint density at radius 3 is 2.92 bits per heavy atom. The maximum atomic E-state index is 12.8. The second-order valence-corrected chi connectivity index (χ2v) is 6.36. The highest BCUT2D eigenvalue weighted by Gasteiger charge is 2.26. The van der Waals surface area contributed by atoms with E-state index in [0.717, 1.165) is 25.2 Å². The molecule has 1 aliphatic rings. The molecule has 26 heavy (non-hydrogen) atoms. The average molecular weight is 352 g/mol. The molecule has 0 bridgehead atoms. The van der Waals surface area contributed by atoms with Crippen molar-refractivity contribution >= 4 is 11.9 Å². The Bertz CT molecular complexity index is 846. The van der Waals surface area contributed by atoms with Gasteiger partial charge in [-0.15, -0.1) is 0 Å². The Morgan fingerprint density at radius 2 is 2.12 bits per heavy atom. The molecule has 1 atom stereocenters. The van der Waals surface area contributed by atoms with Crippen molar-refractivity contribution in [2.45, 2.75) is 19.5 Å². The Labute approximate surface area is 150 Å². The van der Waals surface area contributed by atoms with Crippen LogP contribution in [0.3, 0.4) is 0 Å². The van der Waals surface area contributed by atoms with Crippen molar-refractivity contribution in [1.29, 1.82) is 0 Å². The largest absolute Gasteiger partial charge is 0.472 e. The van der Waals surface area contributed by atoms with Gasteiger partial charge in [0, 0.05) is 38.2 Å². The molecule has 1 amide bonds.